The van der Waals surface area contributed by atoms with Gasteiger partial charge in [0, 0.05) is 31.9 Å². The van der Waals surface area contributed by atoms with Crippen molar-refractivity contribution in [3.05, 3.63) is 18.0 Å². The second-order valence-corrected chi connectivity index (χ2v) is 3.18. The highest BCUT2D eigenvalue weighted by Crippen LogP contribution is 2.05. The number of urea groups is 1. The predicted molar refractivity (Wildman–Crippen MR) is 47.0 cm³/mol. The average Bonchev–Trinajstić information content (AvgIpc) is 2.64. The molecule has 0 bridgehead atoms. The van der Waals surface area contributed by atoms with E-state index in [1.54, 1.807) is 15.8 Å². The Morgan fingerprint density at radius 2 is 2.54 bits per heavy atom. The SMILES string of the molecule is Cn1cc(CN2CCNC2=O)cn1. The maximum atomic E-state index is 11.2. The molecular formula is C8H12N4O. The van der Waals surface area contributed by atoms with Gasteiger partial charge in [0.25, 0.3) is 0 Å². The monoisotopic (exact) mass is 180 g/mol. The number of nitrogens with one attached hydrogen (secondary N) is 1. The van der Waals surface area contributed by atoms with E-state index in [9.17, 15) is 4.79 Å². The Morgan fingerprint density at radius 1 is 1.69 bits per heavy atom. The second-order valence-electron chi connectivity index (χ2n) is 3.18. The minimum Gasteiger partial charge on any atom is -0.336 e. The van der Waals surface area contributed by atoms with Crippen LogP contribution < -0.4 is 5.32 Å². The van der Waals surface area contributed by atoms with Gasteiger partial charge >= 0.3 is 6.03 Å². The Kier molecular flexibility index (Phi) is 1.92. The van der Waals surface area contributed by atoms with Gasteiger partial charge < -0.3 is 10.2 Å². The molecule has 2 amide bonds. The topological polar surface area (TPSA) is 50.2 Å². The van der Waals surface area contributed by atoms with Crippen LogP contribution in [0, 0.1) is 0 Å². The van der Waals surface area contributed by atoms with Crippen LogP contribution in [0.25, 0.3) is 0 Å². The number of aryl methyl sites for hydroxylation is 1. The smallest absolute Gasteiger partial charge is 0.317 e. The second kappa shape index (κ2) is 3.08. The summed E-state index contributed by atoms with van der Waals surface area (Å²) < 4.78 is 1.74. The summed E-state index contributed by atoms with van der Waals surface area (Å²) in [5, 5.41) is 6.80. The van der Waals surface area contributed by atoms with E-state index >= 15 is 0 Å². The molecule has 2 heterocycles. The van der Waals surface area contributed by atoms with Crippen molar-refractivity contribution >= 4 is 6.03 Å². The number of nitrogens with zero attached hydrogens (tertiary/aromatic N) is 3. The minimum atomic E-state index is 0.0175. The van der Waals surface area contributed by atoms with Crippen LogP contribution in [0.15, 0.2) is 12.4 Å². The van der Waals surface area contributed by atoms with Crippen molar-refractivity contribution in [2.75, 3.05) is 13.1 Å². The molecule has 1 fully saturated rings. The molecule has 0 unspecified atom stereocenters. The molecule has 1 saturated heterocycles. The number of carbonyl (C=O) groups excluding carboxylic acids is 1. The fourth-order valence-corrected chi connectivity index (χ4v) is 1.44. The number of hydrogen-bond acceptors (Lipinski definition) is 2. The van der Waals surface area contributed by atoms with Crippen LogP contribution in [0.2, 0.25) is 0 Å². The fourth-order valence-electron chi connectivity index (χ4n) is 1.44. The highest BCUT2D eigenvalue weighted by molar-refractivity contribution is 5.76. The van der Waals surface area contributed by atoms with Gasteiger partial charge in [0.2, 0.25) is 0 Å². The third kappa shape index (κ3) is 1.63. The van der Waals surface area contributed by atoms with E-state index < -0.39 is 0 Å². The molecule has 0 aromatic carbocycles. The van der Waals surface area contributed by atoms with Crippen LogP contribution in [-0.4, -0.2) is 33.8 Å². The molecule has 0 aliphatic carbocycles. The predicted octanol–water partition coefficient (Wildman–Crippen LogP) is -0.0547. The van der Waals surface area contributed by atoms with Crippen LogP contribution in [0.5, 0.6) is 0 Å². The zero-order valence-corrected chi connectivity index (χ0v) is 7.53. The van der Waals surface area contributed by atoms with Crippen molar-refractivity contribution < 1.29 is 4.79 Å². The molecule has 1 aliphatic heterocycles. The molecule has 13 heavy (non-hydrogen) atoms. The van der Waals surface area contributed by atoms with E-state index in [4.69, 9.17) is 0 Å². The quantitative estimate of drug-likeness (QED) is 0.693. The van der Waals surface area contributed by atoms with Gasteiger partial charge in [-0.1, -0.05) is 0 Å². The first-order valence-corrected chi connectivity index (χ1v) is 4.26. The third-order valence-electron chi connectivity index (χ3n) is 2.08. The molecular weight excluding hydrogens is 168 g/mol. The summed E-state index contributed by atoms with van der Waals surface area (Å²) in [6.07, 6.45) is 3.71. The Morgan fingerprint density at radius 3 is 3.08 bits per heavy atom. The molecule has 1 N–H and O–H groups in total. The largest absolute Gasteiger partial charge is 0.336 e. The zero-order valence-electron chi connectivity index (χ0n) is 7.53. The van der Waals surface area contributed by atoms with Crippen molar-refractivity contribution in [1.82, 2.24) is 20.0 Å². The van der Waals surface area contributed by atoms with Gasteiger partial charge in [-0.15, -0.1) is 0 Å². The van der Waals surface area contributed by atoms with Crippen molar-refractivity contribution in [3.8, 4) is 0 Å². The summed E-state index contributed by atoms with van der Waals surface area (Å²) in [5.41, 5.74) is 1.07. The molecule has 5 heteroatoms. The number of carbonyl (C=O) groups is 1. The summed E-state index contributed by atoms with van der Waals surface area (Å²) in [6.45, 7) is 2.19. The van der Waals surface area contributed by atoms with Crippen LogP contribution in [0.4, 0.5) is 4.79 Å². The Hall–Kier alpha value is -1.52. The van der Waals surface area contributed by atoms with Gasteiger partial charge in [-0.25, -0.2) is 4.79 Å². The Labute approximate surface area is 76.3 Å². The van der Waals surface area contributed by atoms with Crippen LogP contribution in [-0.2, 0) is 13.6 Å². The molecule has 0 radical (unpaired) electrons. The lowest BCUT2D eigenvalue weighted by molar-refractivity contribution is 0.215. The lowest BCUT2D eigenvalue weighted by atomic mass is 10.3. The molecule has 0 saturated carbocycles. The summed E-state index contributed by atoms with van der Waals surface area (Å²) >= 11 is 0. The van der Waals surface area contributed by atoms with Crippen LogP contribution in [0.3, 0.4) is 0 Å². The molecule has 2 rings (SSSR count). The fraction of sp³-hybridized carbons (Fsp3) is 0.500. The van der Waals surface area contributed by atoms with E-state index in [0.717, 1.165) is 18.7 Å². The highest BCUT2D eigenvalue weighted by atomic mass is 16.2. The molecule has 1 aromatic heterocycles. The van der Waals surface area contributed by atoms with Crippen molar-refractivity contribution in [2.24, 2.45) is 7.05 Å². The van der Waals surface area contributed by atoms with Gasteiger partial charge in [-0.05, 0) is 0 Å². The van der Waals surface area contributed by atoms with E-state index in [1.807, 2.05) is 13.2 Å². The maximum absolute atomic E-state index is 11.2. The molecule has 0 spiro atoms. The standard InChI is InChI=1S/C8H12N4O/c1-11-5-7(4-10-11)6-12-3-2-9-8(12)13/h4-5H,2-3,6H2,1H3,(H,9,13). The van der Waals surface area contributed by atoms with Crippen LogP contribution in [0.1, 0.15) is 5.56 Å². The first-order chi connectivity index (χ1) is 6.25. The summed E-state index contributed by atoms with van der Waals surface area (Å²) in [7, 11) is 1.87. The first-order valence-electron chi connectivity index (χ1n) is 4.26. The van der Waals surface area contributed by atoms with Gasteiger partial charge in [0.1, 0.15) is 0 Å². The van der Waals surface area contributed by atoms with Gasteiger partial charge in [0.05, 0.1) is 12.7 Å². The number of hydrogen-bond donors (Lipinski definition) is 1. The number of amides is 2. The third-order valence-corrected chi connectivity index (χ3v) is 2.08. The minimum absolute atomic E-state index is 0.0175. The average molecular weight is 180 g/mol. The van der Waals surface area contributed by atoms with E-state index in [1.165, 1.54) is 0 Å². The lowest BCUT2D eigenvalue weighted by Crippen LogP contribution is -2.27. The number of rotatable bonds is 2. The highest BCUT2D eigenvalue weighted by Gasteiger charge is 2.19. The van der Waals surface area contributed by atoms with E-state index in [0.29, 0.717) is 6.54 Å². The number of aromatic nitrogens is 2. The Balaban J connectivity index is 2.01. The first kappa shape index (κ1) is 8.10. The van der Waals surface area contributed by atoms with E-state index in [2.05, 4.69) is 10.4 Å². The zero-order chi connectivity index (χ0) is 9.26. The molecule has 70 valence electrons. The van der Waals surface area contributed by atoms with E-state index in [-0.39, 0.29) is 6.03 Å². The van der Waals surface area contributed by atoms with Gasteiger partial charge in [0.15, 0.2) is 0 Å². The van der Waals surface area contributed by atoms with Crippen LogP contribution >= 0.6 is 0 Å². The van der Waals surface area contributed by atoms with Crippen molar-refractivity contribution in [2.45, 2.75) is 6.54 Å². The summed E-state index contributed by atoms with van der Waals surface area (Å²) in [5.74, 6) is 0. The summed E-state index contributed by atoms with van der Waals surface area (Å²) in [6, 6.07) is 0.0175. The van der Waals surface area contributed by atoms with Gasteiger partial charge in [-0.2, -0.15) is 5.10 Å². The van der Waals surface area contributed by atoms with Crippen molar-refractivity contribution in [3.63, 3.8) is 0 Å². The molecule has 5 nitrogen and oxygen atoms in total. The van der Waals surface area contributed by atoms with Gasteiger partial charge in [-0.3, -0.25) is 4.68 Å². The molecule has 1 aliphatic rings. The molecule has 0 atom stereocenters. The Bertz CT molecular complexity index is 320. The normalized spacial score (nSPS) is 16.4. The lowest BCUT2D eigenvalue weighted by Gasteiger charge is -2.11. The molecule has 1 aromatic rings. The summed E-state index contributed by atoms with van der Waals surface area (Å²) in [4.78, 5) is 12.9. The maximum Gasteiger partial charge on any atom is 0.317 e. The van der Waals surface area contributed by atoms with Crippen molar-refractivity contribution in [1.29, 1.82) is 0 Å².